The predicted octanol–water partition coefficient (Wildman–Crippen LogP) is 2.60. The van der Waals surface area contributed by atoms with Crippen LogP contribution in [0.4, 0.5) is 0 Å². The van der Waals surface area contributed by atoms with Crippen LogP contribution >= 0.6 is 0 Å². The second-order valence-electron chi connectivity index (χ2n) is 5.41. The maximum atomic E-state index is 3.69. The zero-order chi connectivity index (χ0) is 11.8. The lowest BCUT2D eigenvalue weighted by Crippen LogP contribution is -2.43. The summed E-state index contributed by atoms with van der Waals surface area (Å²) in [4.78, 5) is 2.27. The molecule has 0 saturated heterocycles. The smallest absolute Gasteiger partial charge is 0.0217 e. The van der Waals surface area contributed by atoms with E-state index in [1.165, 1.54) is 12.8 Å². The van der Waals surface area contributed by atoms with Crippen molar-refractivity contribution >= 4 is 0 Å². The first-order valence-electron chi connectivity index (χ1n) is 6.35. The Labute approximate surface area is 96.4 Å². The Kier molecular flexibility index (Phi) is 8.07. The Bertz CT molecular complexity index is 143. The minimum absolute atomic E-state index is 0.624. The summed E-state index contributed by atoms with van der Waals surface area (Å²) in [5, 5.41) is 3.69. The molecule has 0 aromatic rings. The Morgan fingerprint density at radius 2 is 1.73 bits per heavy atom. The van der Waals surface area contributed by atoms with Crippen LogP contribution in [0.1, 0.15) is 40.5 Å². The molecule has 1 N–H and O–H groups in total. The molecule has 2 unspecified atom stereocenters. The van der Waals surface area contributed by atoms with Gasteiger partial charge in [-0.2, -0.15) is 0 Å². The lowest BCUT2D eigenvalue weighted by Gasteiger charge is -2.27. The van der Waals surface area contributed by atoms with Crippen LogP contribution < -0.4 is 5.32 Å². The minimum Gasteiger partial charge on any atom is -0.312 e. The number of rotatable bonds is 8. The first-order chi connectivity index (χ1) is 6.97. The summed E-state index contributed by atoms with van der Waals surface area (Å²) in [6.45, 7) is 11.5. The van der Waals surface area contributed by atoms with Crippen LogP contribution in [-0.4, -0.2) is 38.1 Å². The Hall–Kier alpha value is -0.0800. The van der Waals surface area contributed by atoms with E-state index < -0.39 is 0 Å². The molecule has 0 rings (SSSR count). The Morgan fingerprint density at radius 3 is 2.13 bits per heavy atom. The van der Waals surface area contributed by atoms with Gasteiger partial charge < -0.3 is 10.2 Å². The van der Waals surface area contributed by atoms with Gasteiger partial charge in [-0.15, -0.1) is 0 Å². The molecule has 2 atom stereocenters. The third kappa shape index (κ3) is 7.80. The average Bonchev–Trinajstić information content (AvgIpc) is 2.11. The van der Waals surface area contributed by atoms with Gasteiger partial charge in [0, 0.05) is 12.6 Å². The molecule has 0 amide bonds. The third-order valence-corrected chi connectivity index (χ3v) is 2.88. The monoisotopic (exact) mass is 214 g/mol. The quantitative estimate of drug-likeness (QED) is 0.668. The van der Waals surface area contributed by atoms with Crippen molar-refractivity contribution in [1.29, 1.82) is 0 Å². The number of hydrogen-bond acceptors (Lipinski definition) is 2. The maximum absolute atomic E-state index is 3.69. The van der Waals surface area contributed by atoms with Gasteiger partial charge in [0.1, 0.15) is 0 Å². The normalized spacial score (nSPS) is 16.0. The minimum atomic E-state index is 0.624. The Balaban J connectivity index is 3.85. The van der Waals surface area contributed by atoms with Crippen LogP contribution in [-0.2, 0) is 0 Å². The van der Waals surface area contributed by atoms with Crippen molar-refractivity contribution in [1.82, 2.24) is 10.2 Å². The fraction of sp³-hybridized carbons (Fsp3) is 1.00. The van der Waals surface area contributed by atoms with E-state index in [4.69, 9.17) is 0 Å². The summed E-state index contributed by atoms with van der Waals surface area (Å²) in [5.74, 6) is 1.51. The average molecular weight is 214 g/mol. The van der Waals surface area contributed by atoms with Gasteiger partial charge in [0.25, 0.3) is 0 Å². The van der Waals surface area contributed by atoms with Gasteiger partial charge in [0.2, 0.25) is 0 Å². The van der Waals surface area contributed by atoms with E-state index in [0.29, 0.717) is 12.0 Å². The van der Waals surface area contributed by atoms with Crippen LogP contribution in [0.3, 0.4) is 0 Å². The van der Waals surface area contributed by atoms with Gasteiger partial charge in [0.15, 0.2) is 0 Å². The molecule has 0 saturated carbocycles. The molecule has 0 aromatic carbocycles. The third-order valence-electron chi connectivity index (χ3n) is 2.88. The van der Waals surface area contributed by atoms with Crippen molar-refractivity contribution in [3.63, 3.8) is 0 Å². The van der Waals surface area contributed by atoms with E-state index in [-0.39, 0.29) is 0 Å². The van der Waals surface area contributed by atoms with Crippen LogP contribution in [0.25, 0.3) is 0 Å². The fourth-order valence-corrected chi connectivity index (χ4v) is 1.85. The van der Waals surface area contributed by atoms with E-state index in [1.54, 1.807) is 0 Å². The molecule has 0 radical (unpaired) electrons. The number of nitrogens with zero attached hydrogens (tertiary/aromatic N) is 1. The molecule has 0 bridgehead atoms. The molecule has 0 aliphatic carbocycles. The molecule has 0 fully saturated rings. The van der Waals surface area contributed by atoms with Crippen molar-refractivity contribution in [3.8, 4) is 0 Å². The van der Waals surface area contributed by atoms with Crippen molar-refractivity contribution < 1.29 is 0 Å². The summed E-state index contributed by atoms with van der Waals surface area (Å²) in [6, 6.07) is 0.624. The molecular weight excluding hydrogens is 184 g/mol. The fourth-order valence-electron chi connectivity index (χ4n) is 1.85. The summed E-state index contributed by atoms with van der Waals surface area (Å²) >= 11 is 0. The zero-order valence-electron chi connectivity index (χ0n) is 11.5. The molecule has 0 heterocycles. The number of nitrogens with one attached hydrogen (secondary N) is 1. The summed E-state index contributed by atoms with van der Waals surface area (Å²) in [6.07, 6.45) is 2.63. The molecule has 0 aliphatic rings. The molecule has 92 valence electrons. The van der Waals surface area contributed by atoms with Gasteiger partial charge in [-0.3, -0.25) is 0 Å². The molecule has 15 heavy (non-hydrogen) atoms. The van der Waals surface area contributed by atoms with E-state index in [0.717, 1.165) is 19.0 Å². The van der Waals surface area contributed by atoms with Crippen molar-refractivity contribution in [2.75, 3.05) is 27.2 Å². The second-order valence-corrected chi connectivity index (χ2v) is 5.41. The highest BCUT2D eigenvalue weighted by atomic mass is 15.1. The van der Waals surface area contributed by atoms with Crippen LogP contribution in [0.15, 0.2) is 0 Å². The largest absolute Gasteiger partial charge is 0.312 e. The number of hydrogen-bond donors (Lipinski definition) is 1. The van der Waals surface area contributed by atoms with Gasteiger partial charge in [-0.25, -0.2) is 0 Å². The van der Waals surface area contributed by atoms with Gasteiger partial charge in [-0.05, 0) is 38.9 Å². The van der Waals surface area contributed by atoms with Crippen molar-refractivity contribution in [2.24, 2.45) is 11.8 Å². The molecule has 0 aliphatic heterocycles. The summed E-state index contributed by atoms with van der Waals surface area (Å²) in [7, 11) is 4.29. The zero-order valence-corrected chi connectivity index (χ0v) is 11.5. The SMILES string of the molecule is CCCC(C)CNC(CN(C)C)C(C)C. The Morgan fingerprint density at radius 1 is 1.13 bits per heavy atom. The highest BCUT2D eigenvalue weighted by molar-refractivity contribution is 4.74. The highest BCUT2D eigenvalue weighted by Crippen LogP contribution is 2.07. The second kappa shape index (κ2) is 8.12. The standard InChI is InChI=1S/C13H30N2/c1-7-8-12(4)9-14-13(11(2)3)10-15(5)6/h11-14H,7-10H2,1-6H3. The van der Waals surface area contributed by atoms with Gasteiger partial charge in [-0.1, -0.05) is 34.1 Å². The first-order valence-corrected chi connectivity index (χ1v) is 6.35. The predicted molar refractivity (Wildman–Crippen MR) is 69.3 cm³/mol. The van der Waals surface area contributed by atoms with E-state index >= 15 is 0 Å². The van der Waals surface area contributed by atoms with Crippen molar-refractivity contribution in [2.45, 2.75) is 46.6 Å². The highest BCUT2D eigenvalue weighted by Gasteiger charge is 2.14. The maximum Gasteiger partial charge on any atom is 0.0217 e. The molecule has 2 heteroatoms. The topological polar surface area (TPSA) is 15.3 Å². The first kappa shape index (κ1) is 14.9. The van der Waals surface area contributed by atoms with Gasteiger partial charge in [0.05, 0.1) is 0 Å². The molecule has 2 nitrogen and oxygen atoms in total. The molecule has 0 aromatic heterocycles. The summed E-state index contributed by atoms with van der Waals surface area (Å²) in [5.41, 5.74) is 0. The van der Waals surface area contributed by atoms with E-state index in [2.05, 4.69) is 52.0 Å². The van der Waals surface area contributed by atoms with E-state index in [9.17, 15) is 0 Å². The lowest BCUT2D eigenvalue weighted by molar-refractivity contribution is 0.277. The van der Waals surface area contributed by atoms with E-state index in [1.807, 2.05) is 0 Å². The molecular formula is C13H30N2. The molecule has 0 spiro atoms. The van der Waals surface area contributed by atoms with Gasteiger partial charge >= 0.3 is 0 Å². The van der Waals surface area contributed by atoms with Crippen LogP contribution in [0.5, 0.6) is 0 Å². The van der Waals surface area contributed by atoms with Crippen LogP contribution in [0.2, 0.25) is 0 Å². The summed E-state index contributed by atoms with van der Waals surface area (Å²) < 4.78 is 0. The van der Waals surface area contributed by atoms with Crippen LogP contribution in [0, 0.1) is 11.8 Å². The lowest BCUT2D eigenvalue weighted by atomic mass is 10.0. The number of likely N-dealkylation sites (N-methyl/N-ethyl adjacent to an activating group) is 1. The van der Waals surface area contributed by atoms with Crippen molar-refractivity contribution in [3.05, 3.63) is 0 Å².